The predicted octanol–water partition coefficient (Wildman–Crippen LogP) is 3.37. The molecule has 0 radical (unpaired) electrons. The lowest BCUT2D eigenvalue weighted by Crippen LogP contribution is -1.85. The van der Waals surface area contributed by atoms with Gasteiger partial charge < -0.3 is 0 Å². The van der Waals surface area contributed by atoms with Crippen LogP contribution in [0.15, 0.2) is 42.6 Å². The molecular formula is C13H13N. The van der Waals surface area contributed by atoms with Crippen molar-refractivity contribution in [3.63, 3.8) is 0 Å². The summed E-state index contributed by atoms with van der Waals surface area (Å²) in [6.45, 7) is 4.12. The molecule has 14 heavy (non-hydrogen) atoms. The molecule has 70 valence electrons. The molecule has 0 spiro atoms. The topological polar surface area (TPSA) is 12.9 Å². The molecular weight excluding hydrogens is 170 g/mol. The Morgan fingerprint density at radius 1 is 0.929 bits per heavy atom. The van der Waals surface area contributed by atoms with Gasteiger partial charge in [-0.3, -0.25) is 4.98 Å². The van der Waals surface area contributed by atoms with Gasteiger partial charge in [0, 0.05) is 17.5 Å². The summed E-state index contributed by atoms with van der Waals surface area (Å²) < 4.78 is 0. The zero-order chi connectivity index (χ0) is 9.97. The quantitative estimate of drug-likeness (QED) is 0.660. The standard InChI is InChI=1S/C13H13N/c1-10-5-3-4-6-13(10)12-8-7-11(2)14-9-12/h3-9H,1-2H3. The van der Waals surface area contributed by atoms with E-state index < -0.39 is 0 Å². The van der Waals surface area contributed by atoms with E-state index >= 15 is 0 Å². The van der Waals surface area contributed by atoms with E-state index in [1.54, 1.807) is 0 Å². The average Bonchev–Trinajstić information content (AvgIpc) is 2.20. The van der Waals surface area contributed by atoms with E-state index in [0.29, 0.717) is 0 Å². The van der Waals surface area contributed by atoms with Gasteiger partial charge >= 0.3 is 0 Å². The van der Waals surface area contributed by atoms with Gasteiger partial charge in [0.1, 0.15) is 0 Å². The highest BCUT2D eigenvalue weighted by molar-refractivity contribution is 5.66. The lowest BCUT2D eigenvalue weighted by atomic mass is 10.0. The van der Waals surface area contributed by atoms with E-state index in [9.17, 15) is 0 Å². The minimum atomic E-state index is 1.06. The largest absolute Gasteiger partial charge is 0.261 e. The molecule has 0 N–H and O–H groups in total. The number of pyridine rings is 1. The number of hydrogen-bond donors (Lipinski definition) is 0. The fourth-order valence-corrected chi connectivity index (χ4v) is 1.52. The van der Waals surface area contributed by atoms with Crippen LogP contribution in [0.25, 0.3) is 11.1 Å². The third-order valence-electron chi connectivity index (χ3n) is 2.37. The zero-order valence-electron chi connectivity index (χ0n) is 8.49. The van der Waals surface area contributed by atoms with Gasteiger partial charge in [-0.25, -0.2) is 0 Å². The molecule has 0 aliphatic heterocycles. The Bertz CT molecular complexity index is 429. The first-order valence-electron chi connectivity index (χ1n) is 4.76. The van der Waals surface area contributed by atoms with Crippen LogP contribution in [-0.2, 0) is 0 Å². The summed E-state index contributed by atoms with van der Waals surface area (Å²) in [5, 5.41) is 0. The Hall–Kier alpha value is -1.63. The van der Waals surface area contributed by atoms with Gasteiger partial charge in [-0.2, -0.15) is 0 Å². The molecule has 0 unspecified atom stereocenters. The fraction of sp³-hybridized carbons (Fsp3) is 0.154. The summed E-state index contributed by atoms with van der Waals surface area (Å²) in [4.78, 5) is 4.30. The minimum Gasteiger partial charge on any atom is -0.261 e. The number of nitrogens with zero attached hydrogens (tertiary/aromatic N) is 1. The normalized spacial score (nSPS) is 10.1. The maximum absolute atomic E-state index is 4.30. The molecule has 0 saturated carbocycles. The lowest BCUT2D eigenvalue weighted by Gasteiger charge is -2.04. The second-order valence-corrected chi connectivity index (χ2v) is 3.50. The van der Waals surface area contributed by atoms with Crippen molar-refractivity contribution in [1.82, 2.24) is 4.98 Å². The van der Waals surface area contributed by atoms with E-state index in [1.807, 2.05) is 19.2 Å². The summed E-state index contributed by atoms with van der Waals surface area (Å²) in [6.07, 6.45) is 1.93. The van der Waals surface area contributed by atoms with Crippen molar-refractivity contribution in [2.45, 2.75) is 13.8 Å². The van der Waals surface area contributed by atoms with Crippen LogP contribution in [0.3, 0.4) is 0 Å². The second-order valence-electron chi connectivity index (χ2n) is 3.50. The van der Waals surface area contributed by atoms with Crippen LogP contribution in [0.4, 0.5) is 0 Å². The molecule has 1 heterocycles. The van der Waals surface area contributed by atoms with E-state index in [-0.39, 0.29) is 0 Å². The third-order valence-corrected chi connectivity index (χ3v) is 2.37. The third kappa shape index (κ3) is 1.67. The lowest BCUT2D eigenvalue weighted by molar-refractivity contribution is 1.20. The molecule has 0 amide bonds. The number of benzene rings is 1. The SMILES string of the molecule is Cc1ccc(-c2ccccc2C)cn1. The van der Waals surface area contributed by atoms with Crippen molar-refractivity contribution in [2.24, 2.45) is 0 Å². The van der Waals surface area contributed by atoms with Gasteiger partial charge in [0.15, 0.2) is 0 Å². The summed E-state index contributed by atoms with van der Waals surface area (Å²) >= 11 is 0. The highest BCUT2D eigenvalue weighted by Crippen LogP contribution is 2.21. The summed E-state index contributed by atoms with van der Waals surface area (Å²) in [5.41, 5.74) is 4.80. The van der Waals surface area contributed by atoms with Crippen molar-refractivity contribution in [3.8, 4) is 11.1 Å². The van der Waals surface area contributed by atoms with Crippen molar-refractivity contribution >= 4 is 0 Å². The van der Waals surface area contributed by atoms with Crippen molar-refractivity contribution in [2.75, 3.05) is 0 Å². The Morgan fingerprint density at radius 2 is 1.71 bits per heavy atom. The summed E-state index contributed by atoms with van der Waals surface area (Å²) in [6, 6.07) is 12.5. The maximum Gasteiger partial charge on any atom is 0.0373 e. The molecule has 0 bridgehead atoms. The van der Waals surface area contributed by atoms with E-state index in [2.05, 4.69) is 42.2 Å². The number of aryl methyl sites for hydroxylation is 2. The number of hydrogen-bond acceptors (Lipinski definition) is 1. The van der Waals surface area contributed by atoms with E-state index in [4.69, 9.17) is 0 Å². The van der Waals surface area contributed by atoms with Crippen LogP contribution in [-0.4, -0.2) is 4.98 Å². The monoisotopic (exact) mass is 183 g/mol. The minimum absolute atomic E-state index is 1.06. The van der Waals surface area contributed by atoms with Crippen LogP contribution >= 0.6 is 0 Å². The van der Waals surface area contributed by atoms with Gasteiger partial charge in [-0.05, 0) is 31.0 Å². The molecule has 2 rings (SSSR count). The molecule has 1 aromatic heterocycles. The molecule has 0 aliphatic rings. The fourth-order valence-electron chi connectivity index (χ4n) is 1.52. The van der Waals surface area contributed by atoms with Crippen molar-refractivity contribution < 1.29 is 0 Å². The molecule has 1 nitrogen and oxygen atoms in total. The average molecular weight is 183 g/mol. The van der Waals surface area contributed by atoms with Gasteiger partial charge in [0.25, 0.3) is 0 Å². The van der Waals surface area contributed by atoms with Crippen molar-refractivity contribution in [1.29, 1.82) is 0 Å². The van der Waals surface area contributed by atoms with Crippen LogP contribution in [0.2, 0.25) is 0 Å². The van der Waals surface area contributed by atoms with Gasteiger partial charge in [0.2, 0.25) is 0 Å². The van der Waals surface area contributed by atoms with Crippen LogP contribution in [0.1, 0.15) is 11.3 Å². The molecule has 0 atom stereocenters. The van der Waals surface area contributed by atoms with Crippen LogP contribution in [0, 0.1) is 13.8 Å². The molecule has 0 fully saturated rings. The van der Waals surface area contributed by atoms with Gasteiger partial charge in [-0.1, -0.05) is 30.3 Å². The smallest absolute Gasteiger partial charge is 0.0373 e. The Labute approximate surface area is 84.4 Å². The number of rotatable bonds is 1. The Morgan fingerprint density at radius 3 is 2.36 bits per heavy atom. The maximum atomic E-state index is 4.30. The van der Waals surface area contributed by atoms with Crippen molar-refractivity contribution in [3.05, 3.63) is 53.9 Å². The summed E-state index contributed by atoms with van der Waals surface area (Å²) in [7, 11) is 0. The highest BCUT2D eigenvalue weighted by atomic mass is 14.7. The first kappa shape index (κ1) is 8.95. The molecule has 0 aliphatic carbocycles. The molecule has 0 saturated heterocycles. The van der Waals surface area contributed by atoms with Gasteiger partial charge in [0.05, 0.1) is 0 Å². The molecule has 1 aromatic carbocycles. The first-order valence-corrected chi connectivity index (χ1v) is 4.76. The predicted molar refractivity (Wildman–Crippen MR) is 59.1 cm³/mol. The van der Waals surface area contributed by atoms with Crippen LogP contribution < -0.4 is 0 Å². The second kappa shape index (κ2) is 3.62. The molecule has 1 heteroatoms. The summed E-state index contributed by atoms with van der Waals surface area (Å²) in [5.74, 6) is 0. The Kier molecular flexibility index (Phi) is 2.32. The van der Waals surface area contributed by atoms with Gasteiger partial charge in [-0.15, -0.1) is 0 Å². The first-order chi connectivity index (χ1) is 6.77. The van der Waals surface area contributed by atoms with E-state index in [1.165, 1.54) is 16.7 Å². The van der Waals surface area contributed by atoms with E-state index in [0.717, 1.165) is 5.69 Å². The highest BCUT2D eigenvalue weighted by Gasteiger charge is 1.99. The number of aromatic nitrogens is 1. The molecule has 2 aromatic rings. The Balaban J connectivity index is 2.50. The zero-order valence-corrected chi connectivity index (χ0v) is 8.49. The van der Waals surface area contributed by atoms with Crippen LogP contribution in [0.5, 0.6) is 0 Å².